The smallest absolute Gasteiger partial charge is 0.302 e. The van der Waals surface area contributed by atoms with E-state index in [-0.39, 0.29) is 12.6 Å². The molecule has 0 aromatic heterocycles. The van der Waals surface area contributed by atoms with Crippen molar-refractivity contribution in [1.29, 1.82) is 0 Å². The molecule has 0 saturated heterocycles. The van der Waals surface area contributed by atoms with Crippen LogP contribution in [-0.4, -0.2) is 12.6 Å². The Morgan fingerprint density at radius 1 is 1.54 bits per heavy atom. The van der Waals surface area contributed by atoms with Crippen LogP contribution in [-0.2, 0) is 9.53 Å². The molecule has 0 saturated carbocycles. The standard InChI is InChI=1S/C11H12O2/c1-9(8-13-10(2)12)11-6-4-3-5-7-11/h3-7H,1,8H2,2H3/i1D. The molecule has 0 aliphatic heterocycles. The maximum absolute atomic E-state index is 10.6. The molecule has 2 nitrogen and oxygen atoms in total. The van der Waals surface area contributed by atoms with Crippen LogP contribution in [0, 0.1) is 0 Å². The van der Waals surface area contributed by atoms with E-state index in [0.717, 1.165) is 5.56 Å². The molecule has 0 amide bonds. The monoisotopic (exact) mass is 177 g/mol. The Balaban J connectivity index is 2.69. The predicted octanol–water partition coefficient (Wildman–Crippen LogP) is 2.26. The minimum atomic E-state index is -0.333. The molecule has 0 spiro atoms. The van der Waals surface area contributed by atoms with E-state index < -0.39 is 0 Å². The molecule has 0 fully saturated rings. The topological polar surface area (TPSA) is 26.3 Å². The lowest BCUT2D eigenvalue weighted by Crippen LogP contribution is -2.01. The first-order valence-corrected chi connectivity index (χ1v) is 4.00. The summed E-state index contributed by atoms with van der Waals surface area (Å²) in [6, 6.07) is 9.42. The second-order valence-electron chi connectivity index (χ2n) is 2.67. The van der Waals surface area contributed by atoms with E-state index in [2.05, 4.69) is 0 Å². The van der Waals surface area contributed by atoms with Crippen LogP contribution < -0.4 is 0 Å². The van der Waals surface area contributed by atoms with E-state index >= 15 is 0 Å². The quantitative estimate of drug-likeness (QED) is 0.662. The third-order valence-corrected chi connectivity index (χ3v) is 1.58. The fourth-order valence-electron chi connectivity index (χ4n) is 0.915. The molecule has 0 aliphatic rings. The van der Waals surface area contributed by atoms with Gasteiger partial charge in [-0.05, 0) is 11.1 Å². The number of carbonyl (C=O) groups excluding carboxylic acids is 1. The van der Waals surface area contributed by atoms with Gasteiger partial charge in [0.2, 0.25) is 0 Å². The summed E-state index contributed by atoms with van der Waals surface area (Å²) in [5.41, 5.74) is 1.60. The molecule has 1 rings (SSSR count). The van der Waals surface area contributed by atoms with Crippen LogP contribution in [0.3, 0.4) is 0 Å². The second-order valence-corrected chi connectivity index (χ2v) is 2.67. The lowest BCUT2D eigenvalue weighted by molar-refractivity contribution is -0.139. The van der Waals surface area contributed by atoms with Gasteiger partial charge in [0.1, 0.15) is 6.61 Å². The van der Waals surface area contributed by atoms with Gasteiger partial charge in [0, 0.05) is 6.92 Å². The van der Waals surface area contributed by atoms with Crippen molar-refractivity contribution < 1.29 is 10.9 Å². The van der Waals surface area contributed by atoms with Gasteiger partial charge in [-0.2, -0.15) is 0 Å². The van der Waals surface area contributed by atoms with Gasteiger partial charge in [-0.3, -0.25) is 4.79 Å². The molecule has 0 unspecified atom stereocenters. The Morgan fingerprint density at radius 2 is 2.23 bits per heavy atom. The highest BCUT2D eigenvalue weighted by Crippen LogP contribution is 2.11. The fraction of sp³-hybridized carbons (Fsp3) is 0.182. The van der Waals surface area contributed by atoms with E-state index in [1.807, 2.05) is 30.3 Å². The Kier molecular flexibility index (Phi) is 2.76. The molecule has 0 radical (unpaired) electrons. The summed E-state index contributed by atoms with van der Waals surface area (Å²) in [6.45, 7) is 2.72. The van der Waals surface area contributed by atoms with E-state index in [1.165, 1.54) is 13.5 Å². The third-order valence-electron chi connectivity index (χ3n) is 1.58. The molecule has 13 heavy (non-hydrogen) atoms. The molecule has 0 heterocycles. The SMILES string of the molecule is [2H]C=C(COC(C)=O)c1ccccc1. The summed E-state index contributed by atoms with van der Waals surface area (Å²) in [6.07, 6.45) is 0. The zero-order valence-corrected chi connectivity index (χ0v) is 7.49. The third kappa shape index (κ3) is 3.11. The van der Waals surface area contributed by atoms with Gasteiger partial charge in [-0.25, -0.2) is 0 Å². The zero-order chi connectivity index (χ0) is 10.4. The summed E-state index contributed by atoms with van der Waals surface area (Å²) < 4.78 is 12.0. The van der Waals surface area contributed by atoms with E-state index in [9.17, 15) is 4.79 Å². The minimum Gasteiger partial charge on any atom is -0.461 e. The largest absolute Gasteiger partial charge is 0.461 e. The highest BCUT2D eigenvalue weighted by molar-refractivity contribution is 5.70. The van der Waals surface area contributed by atoms with Crippen molar-refractivity contribution in [2.75, 3.05) is 6.61 Å². The number of rotatable bonds is 3. The molecular formula is C11H12O2. The lowest BCUT2D eigenvalue weighted by Gasteiger charge is -2.05. The molecule has 0 N–H and O–H groups in total. The number of ether oxygens (including phenoxy) is 1. The minimum absolute atomic E-state index is 0.156. The maximum Gasteiger partial charge on any atom is 0.302 e. The van der Waals surface area contributed by atoms with Crippen molar-refractivity contribution in [2.45, 2.75) is 6.92 Å². The van der Waals surface area contributed by atoms with Crippen LogP contribution in [0.25, 0.3) is 5.57 Å². The van der Waals surface area contributed by atoms with Gasteiger partial charge < -0.3 is 4.74 Å². The molecule has 68 valence electrons. The van der Waals surface area contributed by atoms with E-state index in [4.69, 9.17) is 6.11 Å². The Labute approximate surface area is 79.2 Å². The highest BCUT2D eigenvalue weighted by Gasteiger charge is 1.99. The molecule has 2 heteroatoms. The first-order valence-electron chi connectivity index (χ1n) is 4.58. The Bertz CT molecular complexity index is 330. The van der Waals surface area contributed by atoms with Crippen LogP contribution in [0.15, 0.2) is 36.9 Å². The van der Waals surface area contributed by atoms with Crippen molar-refractivity contribution >= 4 is 11.5 Å². The first kappa shape index (κ1) is 8.05. The summed E-state index contributed by atoms with van der Waals surface area (Å²) in [4.78, 5) is 10.6. The number of hydrogen-bond donors (Lipinski definition) is 0. The van der Waals surface area contributed by atoms with Gasteiger partial charge in [-0.1, -0.05) is 36.9 Å². The Morgan fingerprint density at radius 3 is 2.77 bits per heavy atom. The first-order chi connectivity index (χ1) is 6.74. The molecule has 0 aliphatic carbocycles. The summed E-state index contributed by atoms with van der Waals surface area (Å²) >= 11 is 0. The van der Waals surface area contributed by atoms with Gasteiger partial charge >= 0.3 is 5.97 Å². The average Bonchev–Trinajstić information content (AvgIpc) is 2.20. The van der Waals surface area contributed by atoms with Crippen LogP contribution in [0.4, 0.5) is 0 Å². The Hall–Kier alpha value is -1.57. The van der Waals surface area contributed by atoms with Gasteiger partial charge in [-0.15, -0.1) is 0 Å². The van der Waals surface area contributed by atoms with E-state index in [0.29, 0.717) is 5.57 Å². The van der Waals surface area contributed by atoms with Gasteiger partial charge in [0.05, 0.1) is 1.37 Å². The average molecular weight is 177 g/mol. The van der Waals surface area contributed by atoms with Gasteiger partial charge in [0.15, 0.2) is 0 Å². The molecule has 0 atom stereocenters. The normalized spacial score (nSPS) is 12.1. The summed E-state index contributed by atoms with van der Waals surface area (Å²) in [5, 5.41) is 0. The number of hydrogen-bond acceptors (Lipinski definition) is 2. The molecule has 1 aromatic rings. The maximum atomic E-state index is 10.6. The zero-order valence-electron chi connectivity index (χ0n) is 8.49. The number of esters is 1. The summed E-state index contributed by atoms with van der Waals surface area (Å²) in [5.74, 6) is -0.333. The van der Waals surface area contributed by atoms with Crippen LogP contribution in [0.5, 0.6) is 0 Å². The van der Waals surface area contributed by atoms with E-state index in [1.54, 1.807) is 0 Å². The second kappa shape index (κ2) is 4.45. The van der Waals surface area contributed by atoms with Crippen LogP contribution >= 0.6 is 0 Å². The van der Waals surface area contributed by atoms with Gasteiger partial charge in [0.25, 0.3) is 0 Å². The van der Waals surface area contributed by atoms with Crippen LogP contribution in [0.1, 0.15) is 13.9 Å². The van der Waals surface area contributed by atoms with Crippen molar-refractivity contribution in [3.63, 3.8) is 0 Å². The highest BCUT2D eigenvalue weighted by atomic mass is 16.5. The van der Waals surface area contributed by atoms with Crippen molar-refractivity contribution in [3.8, 4) is 0 Å². The van der Waals surface area contributed by atoms with Crippen molar-refractivity contribution in [2.24, 2.45) is 0 Å². The number of carbonyl (C=O) groups is 1. The predicted molar refractivity (Wildman–Crippen MR) is 52.1 cm³/mol. The fourth-order valence-corrected chi connectivity index (χ4v) is 0.915. The molecule has 1 aromatic carbocycles. The molecule has 0 bridgehead atoms. The van der Waals surface area contributed by atoms with Crippen molar-refractivity contribution in [1.82, 2.24) is 0 Å². The lowest BCUT2D eigenvalue weighted by atomic mass is 10.1. The molecular weight excluding hydrogens is 164 g/mol. The van der Waals surface area contributed by atoms with Crippen molar-refractivity contribution in [3.05, 3.63) is 42.5 Å². The number of benzene rings is 1. The van der Waals surface area contributed by atoms with Crippen LogP contribution in [0.2, 0.25) is 0 Å². The summed E-state index contributed by atoms with van der Waals surface area (Å²) in [7, 11) is 0.